The number of nitrogens with one attached hydrogen (secondary N) is 2. The van der Waals surface area contributed by atoms with Gasteiger partial charge >= 0.3 is 6.09 Å². The van der Waals surface area contributed by atoms with Crippen molar-refractivity contribution in [3.63, 3.8) is 0 Å². The van der Waals surface area contributed by atoms with Gasteiger partial charge in [-0.25, -0.2) is 4.79 Å². The molecule has 2 fully saturated rings. The van der Waals surface area contributed by atoms with Crippen LogP contribution < -0.4 is 10.6 Å². The molecule has 0 bridgehead atoms. The van der Waals surface area contributed by atoms with Gasteiger partial charge in [0.2, 0.25) is 5.91 Å². The lowest BCUT2D eigenvalue weighted by Crippen LogP contribution is -2.54. The number of hydrogen-bond donors (Lipinski definition) is 2. The van der Waals surface area contributed by atoms with E-state index in [0.717, 1.165) is 51.5 Å². The van der Waals surface area contributed by atoms with Crippen molar-refractivity contribution in [2.45, 2.75) is 59.1 Å². The van der Waals surface area contributed by atoms with Gasteiger partial charge in [0.1, 0.15) is 5.60 Å². The Morgan fingerprint density at radius 2 is 1.84 bits per heavy atom. The van der Waals surface area contributed by atoms with Gasteiger partial charge in [0.15, 0.2) is 5.96 Å². The summed E-state index contributed by atoms with van der Waals surface area (Å²) in [5.41, 5.74) is -0.494. The number of rotatable bonds is 8. The first-order valence-corrected chi connectivity index (χ1v) is 11.6. The van der Waals surface area contributed by atoms with Gasteiger partial charge in [-0.05, 0) is 46.5 Å². The fraction of sp³-hybridized carbons (Fsp3) is 0.864. The van der Waals surface area contributed by atoms with Crippen LogP contribution in [0.25, 0.3) is 0 Å². The summed E-state index contributed by atoms with van der Waals surface area (Å²) in [4.78, 5) is 35.1. The topological polar surface area (TPSA) is 89.5 Å². The molecular weight excluding hydrogens is 396 g/mol. The van der Waals surface area contributed by atoms with Gasteiger partial charge in [-0.3, -0.25) is 14.7 Å². The highest BCUT2D eigenvalue weighted by Crippen LogP contribution is 2.18. The highest BCUT2D eigenvalue weighted by molar-refractivity contribution is 5.80. The first kappa shape index (κ1) is 25.2. The number of carbonyl (C=O) groups excluding carboxylic acids is 2. The highest BCUT2D eigenvalue weighted by Gasteiger charge is 2.26. The van der Waals surface area contributed by atoms with Crippen molar-refractivity contribution >= 4 is 18.0 Å². The highest BCUT2D eigenvalue weighted by atomic mass is 16.6. The zero-order chi connectivity index (χ0) is 23.0. The van der Waals surface area contributed by atoms with Crippen LogP contribution >= 0.6 is 0 Å². The second-order valence-electron chi connectivity index (χ2n) is 9.77. The minimum atomic E-state index is -0.494. The van der Waals surface area contributed by atoms with Gasteiger partial charge in [0.05, 0.1) is 6.54 Å². The molecule has 1 saturated carbocycles. The summed E-state index contributed by atoms with van der Waals surface area (Å²) in [7, 11) is 1.76. The minimum Gasteiger partial charge on any atom is -0.444 e. The van der Waals surface area contributed by atoms with E-state index in [4.69, 9.17) is 9.73 Å². The summed E-state index contributed by atoms with van der Waals surface area (Å²) in [6, 6.07) is 0.414. The van der Waals surface area contributed by atoms with E-state index >= 15 is 0 Å². The number of amides is 2. The van der Waals surface area contributed by atoms with Crippen molar-refractivity contribution in [1.29, 1.82) is 0 Å². The van der Waals surface area contributed by atoms with E-state index in [2.05, 4.69) is 34.3 Å². The van der Waals surface area contributed by atoms with Gasteiger partial charge < -0.3 is 25.2 Å². The summed E-state index contributed by atoms with van der Waals surface area (Å²) in [6.07, 6.45) is 1.93. The number of carbonyl (C=O) groups is 2. The Balaban J connectivity index is 1.78. The van der Waals surface area contributed by atoms with E-state index in [1.807, 2.05) is 20.8 Å². The number of piperazine rings is 1. The third-order valence-corrected chi connectivity index (χ3v) is 5.16. The van der Waals surface area contributed by atoms with Gasteiger partial charge in [0, 0.05) is 58.9 Å². The maximum atomic E-state index is 12.2. The van der Waals surface area contributed by atoms with Crippen molar-refractivity contribution in [1.82, 2.24) is 25.3 Å². The van der Waals surface area contributed by atoms with Gasteiger partial charge in [0.25, 0.3) is 0 Å². The van der Waals surface area contributed by atoms with Crippen molar-refractivity contribution in [3.05, 3.63) is 0 Å². The number of ether oxygens (including phenoxy) is 1. The Morgan fingerprint density at radius 1 is 1.19 bits per heavy atom. The molecule has 1 saturated heterocycles. The summed E-state index contributed by atoms with van der Waals surface area (Å²) in [6.45, 7) is 15.6. The first-order valence-electron chi connectivity index (χ1n) is 11.6. The molecule has 1 aliphatic carbocycles. The maximum absolute atomic E-state index is 12.2. The third kappa shape index (κ3) is 9.76. The minimum absolute atomic E-state index is 0.138. The van der Waals surface area contributed by atoms with Crippen LogP contribution in [0.2, 0.25) is 0 Å². The third-order valence-electron chi connectivity index (χ3n) is 5.16. The van der Waals surface area contributed by atoms with E-state index in [0.29, 0.717) is 25.7 Å². The summed E-state index contributed by atoms with van der Waals surface area (Å²) < 4.78 is 5.42. The molecule has 0 aromatic carbocycles. The molecule has 0 radical (unpaired) electrons. The Morgan fingerprint density at radius 3 is 2.39 bits per heavy atom. The van der Waals surface area contributed by atoms with Gasteiger partial charge in [-0.1, -0.05) is 6.92 Å². The number of nitrogens with zero attached hydrogens (tertiary/aromatic N) is 4. The largest absolute Gasteiger partial charge is 0.444 e. The first-order chi connectivity index (χ1) is 14.6. The zero-order valence-corrected chi connectivity index (χ0v) is 20.2. The van der Waals surface area contributed by atoms with E-state index < -0.39 is 5.60 Å². The molecule has 9 heteroatoms. The molecule has 1 aliphatic heterocycles. The van der Waals surface area contributed by atoms with Crippen molar-refractivity contribution in [2.75, 3.05) is 59.4 Å². The average molecular weight is 439 g/mol. The lowest BCUT2D eigenvalue weighted by atomic mass is 10.2. The molecule has 1 atom stereocenters. The van der Waals surface area contributed by atoms with Crippen molar-refractivity contribution in [3.8, 4) is 0 Å². The fourth-order valence-corrected chi connectivity index (χ4v) is 3.43. The summed E-state index contributed by atoms with van der Waals surface area (Å²) in [5, 5.41) is 6.43. The Labute approximate surface area is 187 Å². The number of guanidine groups is 1. The predicted octanol–water partition coefficient (Wildman–Crippen LogP) is 1.35. The molecule has 2 N–H and O–H groups in total. The van der Waals surface area contributed by atoms with Crippen LogP contribution in [0, 0.1) is 5.92 Å². The standard InChI is InChI=1S/C22H42N6O3/c1-7-23-20(24-14-17(2)15-26(6)21(30)31-22(3,4)5)28-12-10-27(11-13-28)16-19(29)25-18-8-9-18/h17-18H,7-16H2,1-6H3,(H,23,24)(H,25,29). The van der Waals surface area contributed by atoms with Crippen LogP contribution in [-0.4, -0.2) is 104 Å². The zero-order valence-electron chi connectivity index (χ0n) is 20.2. The summed E-state index contributed by atoms with van der Waals surface area (Å²) >= 11 is 0. The van der Waals surface area contributed by atoms with E-state index in [1.165, 1.54) is 0 Å². The van der Waals surface area contributed by atoms with Crippen LogP contribution in [0.5, 0.6) is 0 Å². The van der Waals surface area contributed by atoms with Crippen molar-refractivity contribution < 1.29 is 14.3 Å². The SMILES string of the molecule is CCNC(=NCC(C)CN(C)C(=O)OC(C)(C)C)N1CCN(CC(=O)NC2CC2)CC1. The number of hydrogen-bond acceptors (Lipinski definition) is 5. The lowest BCUT2D eigenvalue weighted by molar-refractivity contribution is -0.122. The molecule has 1 unspecified atom stereocenters. The average Bonchev–Trinajstić information content (AvgIpc) is 3.48. The number of aliphatic imine (C=N–C) groups is 1. The molecule has 2 rings (SSSR count). The van der Waals surface area contributed by atoms with E-state index in [-0.39, 0.29) is 17.9 Å². The van der Waals surface area contributed by atoms with Gasteiger partial charge in [-0.15, -0.1) is 0 Å². The summed E-state index contributed by atoms with van der Waals surface area (Å²) in [5.74, 6) is 1.24. The molecule has 31 heavy (non-hydrogen) atoms. The Bertz CT molecular complexity index is 621. The molecule has 2 aliphatic rings. The van der Waals surface area contributed by atoms with E-state index in [9.17, 15) is 9.59 Å². The van der Waals surface area contributed by atoms with E-state index in [1.54, 1.807) is 11.9 Å². The fourth-order valence-electron chi connectivity index (χ4n) is 3.43. The van der Waals surface area contributed by atoms with Crippen molar-refractivity contribution in [2.24, 2.45) is 10.9 Å². The van der Waals surface area contributed by atoms with Crippen LogP contribution in [0.4, 0.5) is 4.79 Å². The molecule has 0 aromatic heterocycles. The molecule has 0 spiro atoms. The quantitative estimate of drug-likeness (QED) is 0.439. The molecule has 0 aromatic rings. The molecule has 178 valence electrons. The maximum Gasteiger partial charge on any atom is 0.410 e. The molecule has 1 heterocycles. The second kappa shape index (κ2) is 11.5. The Hall–Kier alpha value is -2.03. The monoisotopic (exact) mass is 438 g/mol. The van der Waals surface area contributed by atoms with Crippen LogP contribution in [0.1, 0.15) is 47.5 Å². The molecule has 9 nitrogen and oxygen atoms in total. The lowest BCUT2D eigenvalue weighted by Gasteiger charge is -2.36. The van der Waals surface area contributed by atoms with Gasteiger partial charge in [-0.2, -0.15) is 0 Å². The van der Waals surface area contributed by atoms with Crippen LogP contribution in [0.15, 0.2) is 4.99 Å². The smallest absolute Gasteiger partial charge is 0.410 e. The predicted molar refractivity (Wildman–Crippen MR) is 123 cm³/mol. The Kier molecular flexibility index (Phi) is 9.40. The van der Waals surface area contributed by atoms with Crippen LogP contribution in [-0.2, 0) is 9.53 Å². The van der Waals surface area contributed by atoms with Crippen LogP contribution in [0.3, 0.4) is 0 Å². The molecular formula is C22H42N6O3. The molecule has 2 amide bonds. The normalized spacial score (nSPS) is 19.0. The second-order valence-corrected chi connectivity index (χ2v) is 9.77.